The van der Waals surface area contributed by atoms with Gasteiger partial charge in [-0.15, -0.1) is 21.5 Å². The number of nitrogens with one attached hydrogen (secondary N) is 1. The maximum absolute atomic E-state index is 11.9. The van der Waals surface area contributed by atoms with Gasteiger partial charge < -0.3 is 15.8 Å². The number of hydrogen-bond acceptors (Lipinski definition) is 9. The molecule has 2 aromatic rings. The first-order valence-corrected chi connectivity index (χ1v) is 8.90. The van der Waals surface area contributed by atoms with Crippen molar-refractivity contribution in [3.8, 4) is 0 Å². The number of nitrogen functional groups attached to an aromatic ring is 1. The van der Waals surface area contributed by atoms with Gasteiger partial charge in [-0.3, -0.25) is 4.79 Å². The topological polar surface area (TPSA) is 107 Å². The predicted molar refractivity (Wildman–Crippen MR) is 88.7 cm³/mol. The number of amides is 1. The molecule has 0 aliphatic carbocycles. The van der Waals surface area contributed by atoms with Crippen LogP contribution in [0.15, 0.2) is 10.4 Å². The monoisotopic (exact) mass is 358 g/mol. The van der Waals surface area contributed by atoms with E-state index in [4.69, 9.17) is 10.5 Å². The molecule has 0 aliphatic heterocycles. The number of thioether (sulfide) groups is 1. The smallest absolute Gasteiger partial charge is 0.348 e. The van der Waals surface area contributed by atoms with Crippen molar-refractivity contribution in [2.75, 3.05) is 23.4 Å². The van der Waals surface area contributed by atoms with Crippen molar-refractivity contribution in [1.82, 2.24) is 10.2 Å². The van der Waals surface area contributed by atoms with E-state index in [2.05, 4.69) is 15.5 Å². The van der Waals surface area contributed by atoms with Gasteiger partial charge in [0, 0.05) is 0 Å². The Labute approximate surface area is 139 Å². The summed E-state index contributed by atoms with van der Waals surface area (Å²) in [4.78, 5) is 24.1. The van der Waals surface area contributed by atoms with Crippen LogP contribution in [0.1, 0.15) is 22.2 Å². The van der Waals surface area contributed by atoms with E-state index in [9.17, 15) is 9.59 Å². The molecule has 2 aromatic heterocycles. The molecule has 0 atom stereocenters. The second-order valence-electron chi connectivity index (χ2n) is 4.09. The van der Waals surface area contributed by atoms with Gasteiger partial charge in [0.1, 0.15) is 4.88 Å². The number of esters is 1. The molecule has 0 saturated carbocycles. The maximum atomic E-state index is 11.9. The zero-order valence-electron chi connectivity index (χ0n) is 11.9. The Morgan fingerprint density at radius 1 is 1.41 bits per heavy atom. The summed E-state index contributed by atoms with van der Waals surface area (Å²) >= 11 is 3.69. The largest absolute Gasteiger partial charge is 0.462 e. The van der Waals surface area contributed by atoms with E-state index < -0.39 is 0 Å². The van der Waals surface area contributed by atoms with E-state index in [-0.39, 0.29) is 17.6 Å². The minimum atomic E-state index is -0.371. The zero-order chi connectivity index (χ0) is 16.1. The summed E-state index contributed by atoms with van der Waals surface area (Å²) in [5, 5.41) is 11.2. The van der Waals surface area contributed by atoms with Crippen molar-refractivity contribution in [3.63, 3.8) is 0 Å². The molecule has 118 valence electrons. The lowest BCUT2D eigenvalue weighted by Crippen LogP contribution is -2.12. The Morgan fingerprint density at radius 3 is 2.82 bits per heavy atom. The number of ether oxygens (including phenoxy) is 1. The number of hydrogen-bond donors (Lipinski definition) is 2. The third kappa shape index (κ3) is 4.42. The zero-order valence-corrected chi connectivity index (χ0v) is 14.4. The Kier molecular flexibility index (Phi) is 5.75. The molecule has 2 heterocycles. The fourth-order valence-electron chi connectivity index (χ4n) is 1.52. The molecule has 22 heavy (non-hydrogen) atoms. The summed E-state index contributed by atoms with van der Waals surface area (Å²) in [7, 11) is 0. The van der Waals surface area contributed by atoms with Crippen LogP contribution in [0.4, 0.5) is 10.1 Å². The number of thiophene rings is 1. The van der Waals surface area contributed by atoms with Crippen LogP contribution >= 0.6 is 34.4 Å². The molecule has 10 heteroatoms. The number of aryl methyl sites for hydroxylation is 1. The highest BCUT2D eigenvalue weighted by atomic mass is 32.2. The molecule has 2 rings (SSSR count). The van der Waals surface area contributed by atoms with Crippen molar-refractivity contribution in [2.24, 2.45) is 0 Å². The summed E-state index contributed by atoms with van der Waals surface area (Å²) in [6.45, 7) is 3.87. The number of nitrogens with two attached hydrogens (primary N) is 1. The summed E-state index contributed by atoms with van der Waals surface area (Å²) < 4.78 is 5.60. The van der Waals surface area contributed by atoms with E-state index in [0.717, 1.165) is 5.56 Å². The van der Waals surface area contributed by atoms with Gasteiger partial charge in [0.2, 0.25) is 11.0 Å². The van der Waals surface area contributed by atoms with Crippen LogP contribution in [0.3, 0.4) is 0 Å². The van der Waals surface area contributed by atoms with Gasteiger partial charge in [-0.1, -0.05) is 23.1 Å². The van der Waals surface area contributed by atoms with Crippen LogP contribution in [0, 0.1) is 6.92 Å². The summed E-state index contributed by atoms with van der Waals surface area (Å²) in [5.41, 5.74) is 6.25. The summed E-state index contributed by atoms with van der Waals surface area (Å²) in [6, 6.07) is 1.75. The third-order valence-corrected chi connectivity index (χ3v) is 5.41. The number of rotatable bonds is 6. The van der Waals surface area contributed by atoms with Crippen molar-refractivity contribution >= 4 is 56.4 Å². The SMILES string of the molecule is CCOC(=O)c1sc(NC(=O)CSc2nnc(N)s2)cc1C. The molecule has 1 amide bonds. The fourth-order valence-corrected chi connectivity index (χ4v) is 3.94. The molecule has 0 aliphatic rings. The lowest BCUT2D eigenvalue weighted by atomic mass is 10.3. The van der Waals surface area contributed by atoms with E-state index >= 15 is 0 Å². The quantitative estimate of drug-likeness (QED) is 0.603. The first kappa shape index (κ1) is 16.7. The normalized spacial score (nSPS) is 10.5. The minimum absolute atomic E-state index is 0.185. The highest BCUT2D eigenvalue weighted by molar-refractivity contribution is 8.01. The molecule has 0 unspecified atom stereocenters. The van der Waals surface area contributed by atoms with Gasteiger partial charge in [-0.2, -0.15) is 0 Å². The fraction of sp³-hybridized carbons (Fsp3) is 0.333. The van der Waals surface area contributed by atoms with Gasteiger partial charge in [0.15, 0.2) is 4.34 Å². The molecular weight excluding hydrogens is 344 g/mol. The molecule has 0 saturated heterocycles. The van der Waals surface area contributed by atoms with Gasteiger partial charge in [-0.25, -0.2) is 4.79 Å². The summed E-state index contributed by atoms with van der Waals surface area (Å²) in [5.74, 6) is -0.361. The molecule has 0 fully saturated rings. The van der Waals surface area contributed by atoms with E-state index in [1.54, 1.807) is 19.9 Å². The Bertz CT molecular complexity index is 683. The lowest BCUT2D eigenvalue weighted by molar-refractivity contribution is -0.113. The van der Waals surface area contributed by atoms with Crippen LogP contribution in [0.2, 0.25) is 0 Å². The number of carbonyl (C=O) groups is 2. The van der Waals surface area contributed by atoms with Gasteiger partial charge >= 0.3 is 5.97 Å². The molecule has 0 radical (unpaired) electrons. The highest BCUT2D eigenvalue weighted by Crippen LogP contribution is 2.28. The molecular formula is C12H14N4O3S3. The number of anilines is 2. The first-order chi connectivity index (χ1) is 10.5. The second-order valence-corrected chi connectivity index (χ2v) is 7.37. The average molecular weight is 358 g/mol. The molecule has 0 spiro atoms. The molecule has 0 bridgehead atoms. The Balaban J connectivity index is 1.91. The van der Waals surface area contributed by atoms with Gasteiger partial charge in [0.25, 0.3) is 0 Å². The predicted octanol–water partition coefficient (Wildman–Crippen LogP) is 2.40. The van der Waals surface area contributed by atoms with Crippen molar-refractivity contribution in [3.05, 3.63) is 16.5 Å². The lowest BCUT2D eigenvalue weighted by Gasteiger charge is -2.00. The number of carbonyl (C=O) groups excluding carboxylic acids is 2. The molecule has 7 nitrogen and oxygen atoms in total. The molecule has 3 N–H and O–H groups in total. The highest BCUT2D eigenvalue weighted by Gasteiger charge is 2.16. The number of nitrogens with zero attached hydrogens (tertiary/aromatic N) is 2. The van der Waals surface area contributed by atoms with Crippen LogP contribution < -0.4 is 11.1 Å². The minimum Gasteiger partial charge on any atom is -0.462 e. The van der Waals surface area contributed by atoms with E-state index in [1.165, 1.54) is 34.4 Å². The first-order valence-electron chi connectivity index (χ1n) is 6.28. The average Bonchev–Trinajstić information content (AvgIpc) is 3.03. The van der Waals surface area contributed by atoms with Crippen LogP contribution in [-0.2, 0) is 9.53 Å². The van der Waals surface area contributed by atoms with Crippen LogP contribution in [0.25, 0.3) is 0 Å². The van der Waals surface area contributed by atoms with Crippen LogP contribution in [0.5, 0.6) is 0 Å². The second kappa shape index (κ2) is 7.56. The van der Waals surface area contributed by atoms with Crippen molar-refractivity contribution in [1.29, 1.82) is 0 Å². The summed E-state index contributed by atoms with van der Waals surface area (Å²) in [6.07, 6.45) is 0. The number of aromatic nitrogens is 2. The third-order valence-electron chi connectivity index (χ3n) is 2.39. The van der Waals surface area contributed by atoms with Crippen molar-refractivity contribution in [2.45, 2.75) is 18.2 Å². The maximum Gasteiger partial charge on any atom is 0.348 e. The molecule has 0 aromatic carbocycles. The Hall–Kier alpha value is -1.65. The van der Waals surface area contributed by atoms with Gasteiger partial charge in [-0.05, 0) is 25.5 Å². The van der Waals surface area contributed by atoms with Crippen LogP contribution in [-0.4, -0.2) is 34.4 Å². The van der Waals surface area contributed by atoms with E-state index in [0.29, 0.717) is 26.0 Å². The standard InChI is InChI=1S/C12H14N4O3S3/c1-3-19-10(18)9-6(2)4-8(21-9)14-7(17)5-20-12-16-15-11(13)22-12/h4H,3,5H2,1-2H3,(H2,13,15)(H,14,17). The van der Waals surface area contributed by atoms with E-state index in [1.807, 2.05) is 0 Å². The Morgan fingerprint density at radius 2 is 2.18 bits per heavy atom. The van der Waals surface area contributed by atoms with Gasteiger partial charge in [0.05, 0.1) is 17.4 Å². The van der Waals surface area contributed by atoms with Crippen molar-refractivity contribution < 1.29 is 14.3 Å².